The number of hydrogen-bond acceptors (Lipinski definition) is 3. The molecule has 0 saturated heterocycles. The number of unbranched alkanes of at least 4 members (excludes halogenated alkanes) is 2. The third-order valence-corrected chi connectivity index (χ3v) is 2.89. The van der Waals surface area contributed by atoms with Crippen LogP contribution >= 0.6 is 0 Å². The fourth-order valence-electron chi connectivity index (χ4n) is 1.78. The lowest BCUT2D eigenvalue weighted by molar-refractivity contribution is 0.0695. The Bertz CT molecular complexity index is 373. The third kappa shape index (κ3) is 4.09. The monoisotopic (exact) mass is 249 g/mol. The van der Waals surface area contributed by atoms with Crippen molar-refractivity contribution in [3.8, 4) is 0 Å². The average molecular weight is 249 g/mol. The van der Waals surface area contributed by atoms with E-state index >= 15 is 0 Å². The van der Waals surface area contributed by atoms with Gasteiger partial charge < -0.3 is 4.90 Å². The molecule has 1 aromatic rings. The molecule has 0 aliphatic heterocycles. The summed E-state index contributed by atoms with van der Waals surface area (Å²) in [5.41, 5.74) is 1.26. The van der Waals surface area contributed by atoms with Crippen molar-refractivity contribution in [1.29, 1.82) is 0 Å². The third-order valence-electron chi connectivity index (χ3n) is 2.89. The molecule has 0 aliphatic rings. The van der Waals surface area contributed by atoms with Gasteiger partial charge in [0.15, 0.2) is 0 Å². The standard InChI is InChI=1S/C14H23N3O/c1-5-6-7-8-17(11(2)3)14(18)13-10-15-12(4)9-16-13/h9-11H,5-8H2,1-4H3. The van der Waals surface area contributed by atoms with Crippen molar-refractivity contribution in [3.63, 3.8) is 0 Å². The summed E-state index contributed by atoms with van der Waals surface area (Å²) in [6, 6.07) is 0.192. The van der Waals surface area contributed by atoms with E-state index in [0.29, 0.717) is 5.69 Å². The number of nitrogens with zero attached hydrogens (tertiary/aromatic N) is 3. The summed E-state index contributed by atoms with van der Waals surface area (Å²) in [6.45, 7) is 8.88. The first kappa shape index (κ1) is 14.6. The molecule has 0 atom stereocenters. The first-order chi connectivity index (χ1) is 8.56. The fraction of sp³-hybridized carbons (Fsp3) is 0.643. The van der Waals surface area contributed by atoms with E-state index in [0.717, 1.165) is 31.5 Å². The maximum atomic E-state index is 12.3. The van der Waals surface area contributed by atoms with E-state index < -0.39 is 0 Å². The highest BCUT2D eigenvalue weighted by Gasteiger charge is 2.19. The summed E-state index contributed by atoms with van der Waals surface area (Å²) in [5.74, 6) is -0.0198. The van der Waals surface area contributed by atoms with Gasteiger partial charge in [-0.1, -0.05) is 19.8 Å². The Balaban J connectivity index is 2.73. The van der Waals surface area contributed by atoms with Crippen LogP contribution in [0.15, 0.2) is 12.4 Å². The highest BCUT2D eigenvalue weighted by Crippen LogP contribution is 2.08. The van der Waals surface area contributed by atoms with Crippen molar-refractivity contribution < 1.29 is 4.79 Å². The van der Waals surface area contributed by atoms with Crippen LogP contribution in [0, 0.1) is 6.92 Å². The van der Waals surface area contributed by atoms with Crippen molar-refractivity contribution in [2.75, 3.05) is 6.54 Å². The van der Waals surface area contributed by atoms with Gasteiger partial charge in [-0.05, 0) is 27.2 Å². The lowest BCUT2D eigenvalue weighted by Gasteiger charge is -2.26. The highest BCUT2D eigenvalue weighted by molar-refractivity contribution is 5.92. The number of aryl methyl sites for hydroxylation is 1. The van der Waals surface area contributed by atoms with E-state index in [1.807, 2.05) is 25.7 Å². The van der Waals surface area contributed by atoms with Gasteiger partial charge in [-0.15, -0.1) is 0 Å². The number of amides is 1. The molecule has 0 N–H and O–H groups in total. The SMILES string of the molecule is CCCCCN(C(=O)c1cnc(C)cn1)C(C)C. The van der Waals surface area contributed by atoms with Gasteiger partial charge in [0.1, 0.15) is 5.69 Å². The van der Waals surface area contributed by atoms with Gasteiger partial charge in [-0.2, -0.15) is 0 Å². The molecular formula is C14H23N3O. The van der Waals surface area contributed by atoms with Crippen molar-refractivity contribution in [2.24, 2.45) is 0 Å². The zero-order chi connectivity index (χ0) is 13.5. The molecule has 0 aromatic carbocycles. The first-order valence-electron chi connectivity index (χ1n) is 6.65. The number of rotatable bonds is 6. The fourth-order valence-corrected chi connectivity index (χ4v) is 1.78. The molecule has 4 heteroatoms. The number of carbonyl (C=O) groups excluding carboxylic acids is 1. The van der Waals surface area contributed by atoms with Gasteiger partial charge in [0, 0.05) is 18.8 Å². The second-order valence-corrected chi connectivity index (χ2v) is 4.84. The smallest absolute Gasteiger partial charge is 0.274 e. The molecule has 1 amide bonds. The maximum absolute atomic E-state index is 12.3. The second kappa shape index (κ2) is 7.09. The predicted molar refractivity (Wildman–Crippen MR) is 72.5 cm³/mol. The first-order valence-corrected chi connectivity index (χ1v) is 6.65. The molecule has 100 valence electrons. The second-order valence-electron chi connectivity index (χ2n) is 4.84. The van der Waals surface area contributed by atoms with Gasteiger partial charge in [0.25, 0.3) is 5.91 Å². The number of carbonyl (C=O) groups is 1. The minimum Gasteiger partial charge on any atom is -0.335 e. The molecule has 0 aliphatic carbocycles. The Hall–Kier alpha value is -1.45. The minimum atomic E-state index is -0.0198. The van der Waals surface area contributed by atoms with Crippen LogP contribution in [0.25, 0.3) is 0 Å². The van der Waals surface area contributed by atoms with Crippen molar-refractivity contribution in [2.45, 2.75) is 53.0 Å². The van der Waals surface area contributed by atoms with E-state index in [1.165, 1.54) is 0 Å². The average Bonchev–Trinajstić information content (AvgIpc) is 2.34. The summed E-state index contributed by atoms with van der Waals surface area (Å²) >= 11 is 0. The summed E-state index contributed by atoms with van der Waals surface area (Å²) in [5, 5.41) is 0. The Labute approximate surface area is 109 Å². The minimum absolute atomic E-state index is 0.0198. The molecule has 4 nitrogen and oxygen atoms in total. The largest absolute Gasteiger partial charge is 0.335 e. The van der Waals surface area contributed by atoms with Crippen molar-refractivity contribution in [1.82, 2.24) is 14.9 Å². The normalized spacial score (nSPS) is 10.7. The number of hydrogen-bond donors (Lipinski definition) is 0. The van der Waals surface area contributed by atoms with Crippen LogP contribution in [0.1, 0.15) is 56.2 Å². The molecule has 0 saturated carbocycles. The number of aromatic nitrogens is 2. The molecule has 0 spiro atoms. The molecule has 0 unspecified atom stereocenters. The summed E-state index contributed by atoms with van der Waals surface area (Å²) in [4.78, 5) is 22.5. The maximum Gasteiger partial charge on any atom is 0.274 e. The summed E-state index contributed by atoms with van der Waals surface area (Å²) in [6.07, 6.45) is 6.55. The van der Waals surface area contributed by atoms with Crippen LogP contribution in [-0.2, 0) is 0 Å². The van der Waals surface area contributed by atoms with Gasteiger partial charge >= 0.3 is 0 Å². The van der Waals surface area contributed by atoms with Crippen LogP contribution in [-0.4, -0.2) is 33.4 Å². The van der Waals surface area contributed by atoms with Gasteiger partial charge in [0.2, 0.25) is 0 Å². The zero-order valence-electron chi connectivity index (χ0n) is 11.8. The van der Waals surface area contributed by atoms with Crippen LogP contribution < -0.4 is 0 Å². The van der Waals surface area contributed by atoms with Crippen molar-refractivity contribution in [3.05, 3.63) is 23.8 Å². The molecular weight excluding hydrogens is 226 g/mol. The molecule has 1 aromatic heterocycles. The highest BCUT2D eigenvalue weighted by atomic mass is 16.2. The van der Waals surface area contributed by atoms with E-state index in [1.54, 1.807) is 12.4 Å². The molecule has 1 heterocycles. The van der Waals surface area contributed by atoms with Crippen LogP contribution in [0.5, 0.6) is 0 Å². The summed E-state index contributed by atoms with van der Waals surface area (Å²) < 4.78 is 0. The Morgan fingerprint density at radius 1 is 1.28 bits per heavy atom. The predicted octanol–water partition coefficient (Wildman–Crippen LogP) is 2.83. The molecule has 1 rings (SSSR count). The quantitative estimate of drug-likeness (QED) is 0.728. The molecule has 0 fully saturated rings. The topological polar surface area (TPSA) is 46.1 Å². The molecule has 0 radical (unpaired) electrons. The lowest BCUT2D eigenvalue weighted by Crippen LogP contribution is -2.38. The van der Waals surface area contributed by atoms with E-state index in [-0.39, 0.29) is 11.9 Å². The van der Waals surface area contributed by atoms with E-state index in [9.17, 15) is 4.79 Å². The molecule has 18 heavy (non-hydrogen) atoms. The van der Waals surface area contributed by atoms with Gasteiger partial charge in [-0.25, -0.2) is 4.98 Å². The lowest BCUT2D eigenvalue weighted by atomic mass is 10.2. The Morgan fingerprint density at radius 3 is 2.50 bits per heavy atom. The van der Waals surface area contributed by atoms with Crippen LogP contribution in [0.4, 0.5) is 0 Å². The van der Waals surface area contributed by atoms with E-state index in [4.69, 9.17) is 0 Å². The van der Waals surface area contributed by atoms with Crippen molar-refractivity contribution >= 4 is 5.91 Å². The Kier molecular flexibility index (Phi) is 5.75. The zero-order valence-corrected chi connectivity index (χ0v) is 11.8. The molecule has 0 bridgehead atoms. The van der Waals surface area contributed by atoms with Gasteiger partial charge in [-0.3, -0.25) is 9.78 Å². The van der Waals surface area contributed by atoms with Crippen LogP contribution in [0.3, 0.4) is 0 Å². The Morgan fingerprint density at radius 2 is 2.00 bits per heavy atom. The van der Waals surface area contributed by atoms with Gasteiger partial charge in [0.05, 0.1) is 11.9 Å². The van der Waals surface area contributed by atoms with E-state index in [2.05, 4.69) is 16.9 Å². The summed E-state index contributed by atoms with van der Waals surface area (Å²) in [7, 11) is 0. The van der Waals surface area contributed by atoms with Crippen LogP contribution in [0.2, 0.25) is 0 Å².